The second-order valence-electron chi connectivity index (χ2n) is 6.17. The van der Waals surface area contributed by atoms with Gasteiger partial charge in [0.25, 0.3) is 0 Å². The van der Waals surface area contributed by atoms with Crippen molar-refractivity contribution in [3.05, 3.63) is 59.2 Å². The number of ether oxygens (including phenoxy) is 2. The van der Waals surface area contributed by atoms with Crippen LogP contribution in [0.4, 0.5) is 11.4 Å². The number of aryl methyl sites for hydroxylation is 1. The standard InChI is InChI=1S/C21H23NO6/c1-14-6-5-9-17(15(14)2)22-18-8-4-3-7-16(18)21(26)28-13-12-27-20(25)11-10-19(23)24/h3-9,22H,10-13H2,1-2H3,(H,23,24). The predicted molar refractivity (Wildman–Crippen MR) is 104 cm³/mol. The van der Waals surface area contributed by atoms with E-state index in [0.717, 1.165) is 16.8 Å². The van der Waals surface area contributed by atoms with Gasteiger partial charge in [-0.3, -0.25) is 9.59 Å². The third kappa shape index (κ3) is 6.12. The van der Waals surface area contributed by atoms with Gasteiger partial charge in [-0.2, -0.15) is 0 Å². The first-order valence-electron chi connectivity index (χ1n) is 8.85. The summed E-state index contributed by atoms with van der Waals surface area (Å²) in [6, 6.07) is 12.9. The van der Waals surface area contributed by atoms with Crippen LogP contribution in [0.5, 0.6) is 0 Å². The Morgan fingerprint density at radius 2 is 1.57 bits per heavy atom. The van der Waals surface area contributed by atoms with Crippen molar-refractivity contribution in [2.24, 2.45) is 0 Å². The van der Waals surface area contributed by atoms with Crippen LogP contribution in [0.1, 0.15) is 34.3 Å². The van der Waals surface area contributed by atoms with Crippen LogP contribution < -0.4 is 5.32 Å². The fourth-order valence-corrected chi connectivity index (χ4v) is 2.45. The number of para-hydroxylation sites is 1. The molecular formula is C21H23NO6. The van der Waals surface area contributed by atoms with E-state index in [0.29, 0.717) is 11.3 Å². The summed E-state index contributed by atoms with van der Waals surface area (Å²) in [6.45, 7) is 3.77. The first-order chi connectivity index (χ1) is 13.4. The average molecular weight is 385 g/mol. The lowest BCUT2D eigenvalue weighted by Gasteiger charge is -2.14. The predicted octanol–water partition coefficient (Wildman–Crippen LogP) is 3.61. The first kappa shape index (κ1) is 21.0. The molecule has 2 aromatic carbocycles. The average Bonchev–Trinajstić information content (AvgIpc) is 2.67. The largest absolute Gasteiger partial charge is 0.481 e. The molecule has 0 atom stereocenters. The van der Waals surface area contributed by atoms with Gasteiger partial charge < -0.3 is 19.9 Å². The van der Waals surface area contributed by atoms with Gasteiger partial charge in [0, 0.05) is 5.69 Å². The minimum Gasteiger partial charge on any atom is -0.481 e. The lowest BCUT2D eigenvalue weighted by molar-refractivity contribution is -0.148. The molecule has 2 rings (SSSR count). The highest BCUT2D eigenvalue weighted by Crippen LogP contribution is 2.25. The number of anilines is 2. The van der Waals surface area contributed by atoms with E-state index in [-0.39, 0.29) is 26.1 Å². The number of benzene rings is 2. The summed E-state index contributed by atoms with van der Waals surface area (Å²) in [7, 11) is 0. The summed E-state index contributed by atoms with van der Waals surface area (Å²) >= 11 is 0. The second-order valence-corrected chi connectivity index (χ2v) is 6.17. The zero-order valence-corrected chi connectivity index (χ0v) is 15.9. The highest BCUT2D eigenvalue weighted by atomic mass is 16.6. The quantitative estimate of drug-likeness (QED) is 0.502. The molecule has 0 aliphatic carbocycles. The van der Waals surface area contributed by atoms with Gasteiger partial charge in [0.1, 0.15) is 13.2 Å². The van der Waals surface area contributed by atoms with E-state index in [1.165, 1.54) is 0 Å². The number of nitrogens with one attached hydrogen (secondary N) is 1. The monoisotopic (exact) mass is 385 g/mol. The number of carboxylic acids is 1. The topological polar surface area (TPSA) is 102 Å². The maximum Gasteiger partial charge on any atom is 0.340 e. The van der Waals surface area contributed by atoms with Crippen molar-refractivity contribution in [1.29, 1.82) is 0 Å². The molecule has 0 aliphatic heterocycles. The summed E-state index contributed by atoms with van der Waals surface area (Å²) in [5.74, 6) is -2.26. The number of carbonyl (C=O) groups excluding carboxylic acids is 2. The van der Waals surface area contributed by atoms with Crippen molar-refractivity contribution < 1.29 is 29.0 Å². The van der Waals surface area contributed by atoms with Crippen LogP contribution in [-0.4, -0.2) is 36.2 Å². The maximum atomic E-state index is 12.4. The Morgan fingerprint density at radius 1 is 0.893 bits per heavy atom. The second kappa shape index (κ2) is 10.1. The third-order valence-electron chi connectivity index (χ3n) is 4.14. The van der Waals surface area contributed by atoms with Crippen LogP contribution in [0, 0.1) is 13.8 Å². The van der Waals surface area contributed by atoms with Crippen molar-refractivity contribution >= 4 is 29.3 Å². The van der Waals surface area contributed by atoms with Crippen LogP contribution in [-0.2, 0) is 19.1 Å². The van der Waals surface area contributed by atoms with Crippen molar-refractivity contribution in [3.8, 4) is 0 Å². The van der Waals surface area contributed by atoms with Crippen LogP contribution in [0.25, 0.3) is 0 Å². The number of carboxylic acid groups (broad SMARTS) is 1. The number of esters is 2. The van der Waals surface area contributed by atoms with Crippen molar-refractivity contribution in [2.75, 3.05) is 18.5 Å². The summed E-state index contributed by atoms with van der Waals surface area (Å²) < 4.78 is 10.0. The van der Waals surface area contributed by atoms with E-state index in [1.807, 2.05) is 38.1 Å². The van der Waals surface area contributed by atoms with Gasteiger partial charge in [-0.1, -0.05) is 24.3 Å². The van der Waals surface area contributed by atoms with Crippen LogP contribution >= 0.6 is 0 Å². The van der Waals surface area contributed by atoms with Gasteiger partial charge in [0.05, 0.1) is 24.1 Å². The third-order valence-corrected chi connectivity index (χ3v) is 4.14. The van der Waals surface area contributed by atoms with E-state index in [4.69, 9.17) is 14.6 Å². The minimum absolute atomic E-state index is 0.116. The Balaban J connectivity index is 1.93. The van der Waals surface area contributed by atoms with Crippen molar-refractivity contribution in [3.63, 3.8) is 0 Å². The number of carbonyl (C=O) groups is 3. The van der Waals surface area contributed by atoms with E-state index < -0.39 is 17.9 Å². The van der Waals surface area contributed by atoms with Gasteiger partial charge in [0.2, 0.25) is 0 Å². The van der Waals surface area contributed by atoms with Crippen LogP contribution in [0.15, 0.2) is 42.5 Å². The summed E-state index contributed by atoms with van der Waals surface area (Å²) in [6.07, 6.45) is -0.512. The molecule has 0 aliphatic rings. The van der Waals surface area contributed by atoms with Gasteiger partial charge in [-0.25, -0.2) is 4.79 Å². The Kier molecular flexibility index (Phi) is 7.56. The molecule has 7 nitrogen and oxygen atoms in total. The molecule has 0 heterocycles. The highest BCUT2D eigenvalue weighted by molar-refractivity contribution is 5.96. The molecule has 0 unspecified atom stereocenters. The van der Waals surface area contributed by atoms with Gasteiger partial charge in [0.15, 0.2) is 0 Å². The number of rotatable bonds is 9. The van der Waals surface area contributed by atoms with E-state index in [1.54, 1.807) is 18.2 Å². The number of aliphatic carboxylic acids is 1. The van der Waals surface area contributed by atoms with E-state index in [9.17, 15) is 14.4 Å². The highest BCUT2D eigenvalue weighted by Gasteiger charge is 2.14. The Morgan fingerprint density at radius 3 is 2.32 bits per heavy atom. The molecule has 0 fully saturated rings. The van der Waals surface area contributed by atoms with Gasteiger partial charge >= 0.3 is 17.9 Å². The molecule has 2 aromatic rings. The molecule has 0 bridgehead atoms. The SMILES string of the molecule is Cc1cccc(Nc2ccccc2C(=O)OCCOC(=O)CCC(=O)O)c1C. The fraction of sp³-hybridized carbons (Fsp3) is 0.286. The fourth-order valence-electron chi connectivity index (χ4n) is 2.45. The molecule has 148 valence electrons. The van der Waals surface area contributed by atoms with Crippen LogP contribution in [0.3, 0.4) is 0 Å². The van der Waals surface area contributed by atoms with Crippen molar-refractivity contribution in [1.82, 2.24) is 0 Å². The van der Waals surface area contributed by atoms with E-state index >= 15 is 0 Å². The summed E-state index contributed by atoms with van der Waals surface area (Å²) in [5, 5.41) is 11.8. The normalized spacial score (nSPS) is 10.2. The lowest BCUT2D eigenvalue weighted by Crippen LogP contribution is -2.15. The smallest absolute Gasteiger partial charge is 0.340 e. The maximum absolute atomic E-state index is 12.4. The van der Waals surface area contributed by atoms with Gasteiger partial charge in [-0.15, -0.1) is 0 Å². The molecule has 2 N–H and O–H groups in total. The molecule has 28 heavy (non-hydrogen) atoms. The van der Waals surface area contributed by atoms with Crippen LogP contribution in [0.2, 0.25) is 0 Å². The Hall–Kier alpha value is -3.35. The number of hydrogen-bond acceptors (Lipinski definition) is 6. The van der Waals surface area contributed by atoms with Crippen molar-refractivity contribution in [2.45, 2.75) is 26.7 Å². The Bertz CT molecular complexity index is 862. The summed E-state index contributed by atoms with van der Waals surface area (Å²) in [4.78, 5) is 34.1. The molecular weight excluding hydrogens is 362 g/mol. The Labute approximate surface area is 163 Å². The zero-order valence-electron chi connectivity index (χ0n) is 15.9. The van der Waals surface area contributed by atoms with E-state index in [2.05, 4.69) is 5.32 Å². The molecule has 7 heteroatoms. The molecule has 0 spiro atoms. The first-order valence-corrected chi connectivity index (χ1v) is 8.85. The molecule has 0 aromatic heterocycles. The summed E-state index contributed by atoms with van der Waals surface area (Å²) in [5.41, 5.74) is 4.08. The molecule has 0 saturated carbocycles. The molecule has 0 amide bonds. The molecule has 0 radical (unpaired) electrons. The molecule has 0 saturated heterocycles. The lowest BCUT2D eigenvalue weighted by atomic mass is 10.1. The van der Waals surface area contributed by atoms with Gasteiger partial charge in [-0.05, 0) is 43.2 Å². The zero-order chi connectivity index (χ0) is 20.5. The number of hydrogen-bond donors (Lipinski definition) is 2. The minimum atomic E-state index is -1.07.